The van der Waals surface area contributed by atoms with E-state index in [1.807, 2.05) is 0 Å². The fourth-order valence-electron chi connectivity index (χ4n) is 3.23. The van der Waals surface area contributed by atoms with Gasteiger partial charge < -0.3 is 9.47 Å². The monoisotopic (exact) mass is 461 g/mol. The fourth-order valence-corrected chi connectivity index (χ4v) is 4.07. The number of nitro groups is 1. The SMILES string of the molecule is COC(=O)c1cn(C(=O)CN(c2cc([N+](=O)[O-])ccc2OC)S(C)(=O)=O)c2ccccc12. The second kappa shape index (κ2) is 8.67. The first kappa shape index (κ1) is 22.7. The van der Waals surface area contributed by atoms with Crippen molar-refractivity contribution in [3.8, 4) is 5.75 Å². The predicted molar refractivity (Wildman–Crippen MR) is 116 cm³/mol. The van der Waals surface area contributed by atoms with Crippen LogP contribution in [0.5, 0.6) is 5.75 Å². The summed E-state index contributed by atoms with van der Waals surface area (Å²) in [6, 6.07) is 9.98. The number of carbonyl (C=O) groups excluding carboxylic acids is 2. The molecule has 0 spiro atoms. The third-order valence-corrected chi connectivity index (χ3v) is 5.83. The molecule has 1 aromatic heterocycles. The van der Waals surface area contributed by atoms with Gasteiger partial charge in [0.05, 0.1) is 36.5 Å². The van der Waals surface area contributed by atoms with E-state index in [0.29, 0.717) is 15.2 Å². The molecule has 1 heterocycles. The number of carbonyl (C=O) groups is 2. The fraction of sp³-hybridized carbons (Fsp3) is 0.200. The molecule has 12 heteroatoms. The molecule has 0 radical (unpaired) electrons. The van der Waals surface area contributed by atoms with Crippen molar-refractivity contribution >= 4 is 44.2 Å². The number of para-hydroxylation sites is 1. The maximum Gasteiger partial charge on any atom is 0.340 e. The highest BCUT2D eigenvalue weighted by Gasteiger charge is 2.28. The summed E-state index contributed by atoms with van der Waals surface area (Å²) in [7, 11) is -1.58. The average Bonchev–Trinajstić information content (AvgIpc) is 3.15. The molecule has 3 rings (SSSR count). The first-order valence-corrected chi connectivity index (χ1v) is 10.9. The van der Waals surface area contributed by atoms with E-state index in [2.05, 4.69) is 0 Å². The quantitative estimate of drug-likeness (QED) is 0.297. The van der Waals surface area contributed by atoms with Crippen molar-refractivity contribution in [3.63, 3.8) is 0 Å². The second-order valence-electron chi connectivity index (χ2n) is 6.70. The molecule has 2 aromatic carbocycles. The van der Waals surface area contributed by atoms with Crippen LogP contribution in [0.4, 0.5) is 11.4 Å². The first-order chi connectivity index (χ1) is 15.1. The van der Waals surface area contributed by atoms with Crippen molar-refractivity contribution in [1.82, 2.24) is 4.57 Å². The highest BCUT2D eigenvalue weighted by atomic mass is 32.2. The molecule has 11 nitrogen and oxygen atoms in total. The lowest BCUT2D eigenvalue weighted by Crippen LogP contribution is -2.37. The van der Waals surface area contributed by atoms with Crippen LogP contribution in [-0.2, 0) is 14.8 Å². The van der Waals surface area contributed by atoms with E-state index in [9.17, 15) is 28.1 Å². The van der Waals surface area contributed by atoms with Crippen LogP contribution in [0.1, 0.15) is 15.2 Å². The van der Waals surface area contributed by atoms with Gasteiger partial charge in [-0.1, -0.05) is 18.2 Å². The molecule has 0 N–H and O–H groups in total. The smallest absolute Gasteiger partial charge is 0.340 e. The van der Waals surface area contributed by atoms with Crippen LogP contribution >= 0.6 is 0 Å². The lowest BCUT2D eigenvalue weighted by molar-refractivity contribution is -0.384. The molecule has 0 amide bonds. The number of aromatic nitrogens is 1. The van der Waals surface area contributed by atoms with Crippen LogP contribution in [0.15, 0.2) is 48.7 Å². The number of methoxy groups -OCH3 is 2. The van der Waals surface area contributed by atoms with Crippen molar-refractivity contribution in [1.29, 1.82) is 0 Å². The molecule has 0 unspecified atom stereocenters. The van der Waals surface area contributed by atoms with Gasteiger partial charge in [-0.3, -0.25) is 23.8 Å². The van der Waals surface area contributed by atoms with Crippen LogP contribution in [0.3, 0.4) is 0 Å². The standard InChI is InChI=1S/C20H19N3O8S/c1-30-18-9-8-13(23(26)27)10-17(18)22(32(3,28)29)12-19(24)21-11-15(20(25)31-2)14-6-4-5-7-16(14)21/h4-11H,12H2,1-3H3. The number of fused-ring (bicyclic) bond motifs is 1. The molecule has 3 aromatic rings. The van der Waals surface area contributed by atoms with Crippen molar-refractivity contribution in [2.24, 2.45) is 0 Å². The number of benzene rings is 2. The number of sulfonamides is 1. The molecule has 0 aliphatic rings. The molecular formula is C20H19N3O8S. The van der Waals surface area contributed by atoms with Crippen LogP contribution in [0.25, 0.3) is 10.9 Å². The normalized spacial score (nSPS) is 11.2. The Kier molecular flexibility index (Phi) is 6.16. The number of hydrogen-bond acceptors (Lipinski definition) is 8. The van der Waals surface area contributed by atoms with Gasteiger partial charge in [-0.15, -0.1) is 0 Å². The highest BCUT2D eigenvalue weighted by molar-refractivity contribution is 7.92. The van der Waals surface area contributed by atoms with Crippen molar-refractivity contribution in [2.45, 2.75) is 0 Å². The minimum Gasteiger partial charge on any atom is -0.495 e. The van der Waals surface area contributed by atoms with E-state index >= 15 is 0 Å². The number of ether oxygens (including phenoxy) is 2. The predicted octanol–water partition coefficient (Wildman–Crippen LogP) is 2.45. The zero-order valence-corrected chi connectivity index (χ0v) is 18.2. The molecule has 32 heavy (non-hydrogen) atoms. The molecule has 168 valence electrons. The number of hydrogen-bond donors (Lipinski definition) is 0. The number of nitro benzene ring substituents is 1. The zero-order chi connectivity index (χ0) is 23.6. The Hall–Kier alpha value is -3.93. The number of non-ortho nitro benzene ring substituents is 1. The summed E-state index contributed by atoms with van der Waals surface area (Å²) in [6.45, 7) is -0.699. The average molecular weight is 461 g/mol. The summed E-state index contributed by atoms with van der Waals surface area (Å²) in [5, 5.41) is 11.6. The number of rotatable bonds is 7. The van der Waals surface area contributed by atoms with E-state index in [0.717, 1.165) is 23.0 Å². The van der Waals surface area contributed by atoms with Crippen molar-refractivity contribution in [2.75, 3.05) is 31.3 Å². The molecule has 0 bridgehead atoms. The summed E-state index contributed by atoms with van der Waals surface area (Å²) >= 11 is 0. The summed E-state index contributed by atoms with van der Waals surface area (Å²) < 4.78 is 36.8. The topological polar surface area (TPSA) is 138 Å². The Labute approximate surface area is 183 Å². The molecule has 0 saturated carbocycles. The van der Waals surface area contributed by atoms with Gasteiger partial charge in [-0.25, -0.2) is 13.2 Å². The van der Waals surface area contributed by atoms with E-state index in [1.54, 1.807) is 24.3 Å². The lowest BCUT2D eigenvalue weighted by atomic mass is 10.2. The van der Waals surface area contributed by atoms with Gasteiger partial charge in [0.1, 0.15) is 18.0 Å². The highest BCUT2D eigenvalue weighted by Crippen LogP contribution is 2.34. The second-order valence-corrected chi connectivity index (χ2v) is 8.60. The Morgan fingerprint density at radius 2 is 1.84 bits per heavy atom. The third kappa shape index (κ3) is 4.25. The van der Waals surface area contributed by atoms with Gasteiger partial charge in [0, 0.05) is 23.7 Å². The molecule has 0 saturated heterocycles. The van der Waals surface area contributed by atoms with E-state index < -0.39 is 33.4 Å². The maximum atomic E-state index is 13.2. The zero-order valence-electron chi connectivity index (χ0n) is 17.3. The van der Waals surface area contributed by atoms with E-state index in [-0.39, 0.29) is 22.7 Å². The van der Waals surface area contributed by atoms with Gasteiger partial charge in [0.2, 0.25) is 10.0 Å². The van der Waals surface area contributed by atoms with Crippen LogP contribution in [-0.4, -0.2) is 56.8 Å². The van der Waals surface area contributed by atoms with Crippen molar-refractivity contribution in [3.05, 3.63) is 64.3 Å². The van der Waals surface area contributed by atoms with Crippen molar-refractivity contribution < 1.29 is 32.4 Å². The van der Waals surface area contributed by atoms with Crippen LogP contribution < -0.4 is 9.04 Å². The van der Waals surface area contributed by atoms with Crippen LogP contribution in [0.2, 0.25) is 0 Å². The Morgan fingerprint density at radius 1 is 1.16 bits per heavy atom. The number of nitrogens with zero attached hydrogens (tertiary/aromatic N) is 3. The first-order valence-electron chi connectivity index (χ1n) is 9.10. The summed E-state index contributed by atoms with van der Waals surface area (Å²) in [5.41, 5.74) is -0.0314. The number of anilines is 1. The molecular weight excluding hydrogens is 442 g/mol. The van der Waals surface area contributed by atoms with Gasteiger partial charge in [-0.05, 0) is 12.1 Å². The van der Waals surface area contributed by atoms with Gasteiger partial charge >= 0.3 is 5.97 Å². The largest absolute Gasteiger partial charge is 0.495 e. The molecule has 0 aliphatic carbocycles. The Morgan fingerprint density at radius 3 is 2.44 bits per heavy atom. The van der Waals surface area contributed by atoms with Crippen LogP contribution in [0, 0.1) is 10.1 Å². The maximum absolute atomic E-state index is 13.2. The molecule has 0 atom stereocenters. The lowest BCUT2D eigenvalue weighted by Gasteiger charge is -2.23. The van der Waals surface area contributed by atoms with Gasteiger partial charge in [0.25, 0.3) is 11.6 Å². The Balaban J connectivity index is 2.11. The molecule has 0 fully saturated rings. The summed E-state index contributed by atoms with van der Waals surface area (Å²) in [6.07, 6.45) is 2.14. The van der Waals surface area contributed by atoms with E-state index in [1.165, 1.54) is 26.5 Å². The third-order valence-electron chi connectivity index (χ3n) is 4.71. The number of esters is 1. The Bertz CT molecular complexity index is 1330. The summed E-state index contributed by atoms with van der Waals surface area (Å²) in [4.78, 5) is 35.8. The van der Waals surface area contributed by atoms with Gasteiger partial charge in [-0.2, -0.15) is 0 Å². The minimum atomic E-state index is -4.06. The molecule has 0 aliphatic heterocycles. The minimum absolute atomic E-state index is 0.0291. The van der Waals surface area contributed by atoms with Gasteiger partial charge in [0.15, 0.2) is 0 Å². The summed E-state index contributed by atoms with van der Waals surface area (Å²) in [5.74, 6) is -1.33. The van der Waals surface area contributed by atoms with E-state index in [4.69, 9.17) is 9.47 Å².